The molecule has 2 N–H and O–H groups in total. The lowest BCUT2D eigenvalue weighted by Gasteiger charge is -2.16. The van der Waals surface area contributed by atoms with Crippen molar-refractivity contribution in [1.29, 1.82) is 0 Å². The first-order chi connectivity index (χ1) is 9.88. The summed E-state index contributed by atoms with van der Waals surface area (Å²) >= 11 is 0. The predicted octanol–water partition coefficient (Wildman–Crippen LogP) is 2.00. The molecule has 6 nitrogen and oxygen atoms in total. The largest absolute Gasteiger partial charge is 0.325 e. The second-order valence-corrected chi connectivity index (χ2v) is 7.14. The number of hydrogen-bond donors (Lipinski definition) is 2. The van der Waals surface area contributed by atoms with Gasteiger partial charge in [0.1, 0.15) is 0 Å². The molecule has 1 aliphatic rings. The average Bonchev–Trinajstić information content (AvgIpc) is 2.91. The number of carbonyl (C=O) groups is 1. The van der Waals surface area contributed by atoms with Crippen molar-refractivity contribution in [3.8, 4) is 0 Å². The normalized spacial score (nSPS) is 15.5. The van der Waals surface area contributed by atoms with Crippen LogP contribution in [0.1, 0.15) is 26.7 Å². The van der Waals surface area contributed by atoms with E-state index in [0.29, 0.717) is 5.69 Å². The third-order valence-corrected chi connectivity index (χ3v) is 4.87. The number of nitrogens with one attached hydrogen (secondary N) is 2. The quantitative estimate of drug-likeness (QED) is 0.892. The van der Waals surface area contributed by atoms with Crippen molar-refractivity contribution in [2.24, 2.45) is 0 Å². The first-order valence-corrected chi connectivity index (χ1v) is 8.55. The fourth-order valence-corrected chi connectivity index (χ4v) is 3.47. The monoisotopic (exact) mass is 311 g/mol. The maximum Gasteiger partial charge on any atom is 0.321 e. The molecule has 0 bridgehead atoms. The van der Waals surface area contributed by atoms with Crippen molar-refractivity contribution >= 4 is 21.7 Å². The Hall–Kier alpha value is -1.60. The third-order valence-electron chi connectivity index (χ3n) is 3.20. The van der Waals surface area contributed by atoms with E-state index < -0.39 is 10.0 Å². The predicted molar refractivity (Wildman–Crippen MR) is 81.7 cm³/mol. The molecular weight excluding hydrogens is 290 g/mol. The van der Waals surface area contributed by atoms with Crippen LogP contribution in [0, 0.1) is 0 Å². The second-order valence-electron chi connectivity index (χ2n) is 5.42. The number of anilines is 1. The molecule has 0 aliphatic carbocycles. The lowest BCUT2D eigenvalue weighted by Crippen LogP contribution is -2.32. The lowest BCUT2D eigenvalue weighted by molar-refractivity contribution is 0.222. The Morgan fingerprint density at radius 2 is 1.71 bits per heavy atom. The Balaban J connectivity index is 2.03. The maximum atomic E-state index is 12.0. The van der Waals surface area contributed by atoms with E-state index in [4.69, 9.17) is 0 Å². The van der Waals surface area contributed by atoms with E-state index in [1.807, 2.05) is 0 Å². The van der Waals surface area contributed by atoms with Crippen LogP contribution in [0.5, 0.6) is 0 Å². The number of hydrogen-bond acceptors (Lipinski definition) is 3. The van der Waals surface area contributed by atoms with Gasteiger partial charge in [0.25, 0.3) is 0 Å². The van der Waals surface area contributed by atoms with Crippen molar-refractivity contribution in [1.82, 2.24) is 9.62 Å². The van der Waals surface area contributed by atoms with Gasteiger partial charge in [-0.1, -0.05) is 0 Å². The Kier molecular flexibility index (Phi) is 4.84. The first-order valence-electron chi connectivity index (χ1n) is 7.07. The van der Waals surface area contributed by atoms with Gasteiger partial charge in [-0.2, -0.15) is 0 Å². The molecule has 0 spiro atoms. The SMILES string of the molecule is CC(C)NS(=O)(=O)c1ccc(NC(=O)N2CCCC2)cc1. The number of likely N-dealkylation sites (tertiary alicyclic amines) is 1. The molecule has 2 amide bonds. The third kappa shape index (κ3) is 4.18. The van der Waals surface area contributed by atoms with Gasteiger partial charge in [-0.05, 0) is 51.0 Å². The van der Waals surface area contributed by atoms with E-state index in [-0.39, 0.29) is 17.0 Å². The number of rotatable bonds is 4. The van der Waals surface area contributed by atoms with E-state index in [2.05, 4.69) is 10.0 Å². The fourth-order valence-electron chi connectivity index (χ4n) is 2.22. The smallest absolute Gasteiger partial charge is 0.321 e. The van der Waals surface area contributed by atoms with Crippen LogP contribution in [-0.2, 0) is 10.0 Å². The summed E-state index contributed by atoms with van der Waals surface area (Å²) in [5, 5.41) is 2.78. The lowest BCUT2D eigenvalue weighted by atomic mass is 10.3. The summed E-state index contributed by atoms with van der Waals surface area (Å²) in [6.45, 7) is 5.08. The highest BCUT2D eigenvalue weighted by Crippen LogP contribution is 2.16. The molecule has 1 fully saturated rings. The van der Waals surface area contributed by atoms with E-state index >= 15 is 0 Å². The van der Waals surface area contributed by atoms with E-state index in [9.17, 15) is 13.2 Å². The number of carbonyl (C=O) groups excluding carboxylic acids is 1. The Bertz CT molecular complexity index is 590. The maximum absolute atomic E-state index is 12.0. The van der Waals surface area contributed by atoms with Gasteiger partial charge >= 0.3 is 6.03 Å². The van der Waals surface area contributed by atoms with Gasteiger partial charge in [-0.25, -0.2) is 17.9 Å². The molecule has 0 saturated carbocycles. The van der Waals surface area contributed by atoms with Gasteiger partial charge in [0, 0.05) is 24.8 Å². The van der Waals surface area contributed by atoms with Crippen molar-refractivity contribution < 1.29 is 13.2 Å². The Morgan fingerprint density at radius 3 is 2.24 bits per heavy atom. The molecule has 0 radical (unpaired) electrons. The van der Waals surface area contributed by atoms with Crippen molar-refractivity contribution in [2.75, 3.05) is 18.4 Å². The fraction of sp³-hybridized carbons (Fsp3) is 0.500. The molecular formula is C14H21N3O3S. The summed E-state index contributed by atoms with van der Waals surface area (Å²) < 4.78 is 26.5. The molecule has 0 aromatic heterocycles. The van der Waals surface area contributed by atoms with Gasteiger partial charge in [-0.3, -0.25) is 0 Å². The minimum Gasteiger partial charge on any atom is -0.325 e. The van der Waals surface area contributed by atoms with Crippen molar-refractivity contribution in [2.45, 2.75) is 37.6 Å². The Labute approximate surface area is 125 Å². The minimum atomic E-state index is -3.49. The molecule has 0 unspecified atom stereocenters. The molecule has 1 aromatic carbocycles. The topological polar surface area (TPSA) is 78.5 Å². The van der Waals surface area contributed by atoms with Gasteiger partial charge in [-0.15, -0.1) is 0 Å². The average molecular weight is 311 g/mol. The highest BCUT2D eigenvalue weighted by molar-refractivity contribution is 7.89. The standard InChI is InChI=1S/C14H21N3O3S/c1-11(2)16-21(19,20)13-7-5-12(6-8-13)15-14(18)17-9-3-4-10-17/h5-8,11,16H,3-4,9-10H2,1-2H3,(H,15,18). The minimum absolute atomic E-state index is 0.136. The zero-order chi connectivity index (χ0) is 15.5. The van der Waals surface area contributed by atoms with Gasteiger partial charge in [0.15, 0.2) is 0 Å². The van der Waals surface area contributed by atoms with Crippen LogP contribution in [-0.4, -0.2) is 38.5 Å². The van der Waals surface area contributed by atoms with Crippen LogP contribution < -0.4 is 10.0 Å². The summed E-state index contributed by atoms with van der Waals surface area (Å²) in [4.78, 5) is 13.9. The van der Waals surface area contributed by atoms with Crippen LogP contribution in [0.2, 0.25) is 0 Å². The van der Waals surface area contributed by atoms with E-state index in [1.54, 1.807) is 30.9 Å². The van der Waals surface area contributed by atoms with Crippen molar-refractivity contribution in [3.63, 3.8) is 0 Å². The van der Waals surface area contributed by atoms with E-state index in [0.717, 1.165) is 25.9 Å². The molecule has 2 rings (SSSR count). The summed E-state index contributed by atoms with van der Waals surface area (Å²) in [5.41, 5.74) is 0.593. The van der Waals surface area contributed by atoms with Gasteiger partial charge in [0.05, 0.1) is 4.90 Å². The van der Waals surface area contributed by atoms with Crippen molar-refractivity contribution in [3.05, 3.63) is 24.3 Å². The van der Waals surface area contributed by atoms with Crippen LogP contribution in [0.25, 0.3) is 0 Å². The van der Waals surface area contributed by atoms with Crippen LogP contribution in [0.15, 0.2) is 29.2 Å². The van der Waals surface area contributed by atoms with Gasteiger partial charge < -0.3 is 10.2 Å². The van der Waals surface area contributed by atoms with Crippen LogP contribution >= 0.6 is 0 Å². The van der Waals surface area contributed by atoms with Gasteiger partial charge in [0.2, 0.25) is 10.0 Å². The number of sulfonamides is 1. The van der Waals surface area contributed by atoms with Crippen LogP contribution in [0.4, 0.5) is 10.5 Å². The summed E-state index contributed by atoms with van der Waals surface area (Å²) in [6.07, 6.45) is 2.07. The molecule has 1 aromatic rings. The first kappa shape index (κ1) is 15.8. The highest BCUT2D eigenvalue weighted by Gasteiger charge is 2.18. The molecule has 1 heterocycles. The number of urea groups is 1. The van der Waals surface area contributed by atoms with E-state index in [1.165, 1.54) is 12.1 Å². The summed E-state index contributed by atoms with van der Waals surface area (Å²) in [7, 11) is -3.49. The number of amides is 2. The molecule has 1 saturated heterocycles. The second kappa shape index (κ2) is 6.44. The zero-order valence-electron chi connectivity index (χ0n) is 12.3. The molecule has 116 valence electrons. The number of nitrogens with zero attached hydrogens (tertiary/aromatic N) is 1. The molecule has 21 heavy (non-hydrogen) atoms. The zero-order valence-corrected chi connectivity index (χ0v) is 13.1. The Morgan fingerprint density at radius 1 is 1.14 bits per heavy atom. The summed E-state index contributed by atoms with van der Waals surface area (Å²) in [5.74, 6) is 0. The molecule has 7 heteroatoms. The van der Waals surface area contributed by atoms with Crippen LogP contribution in [0.3, 0.4) is 0 Å². The summed E-state index contributed by atoms with van der Waals surface area (Å²) in [6, 6.07) is 5.88. The number of benzene rings is 1. The molecule has 0 atom stereocenters. The molecule has 1 aliphatic heterocycles. The highest BCUT2D eigenvalue weighted by atomic mass is 32.2.